The van der Waals surface area contributed by atoms with Crippen molar-refractivity contribution in [1.29, 1.82) is 0 Å². The summed E-state index contributed by atoms with van der Waals surface area (Å²) < 4.78 is 54.6. The highest BCUT2D eigenvalue weighted by molar-refractivity contribution is 5.96. The number of halogens is 4. The second-order valence-electron chi connectivity index (χ2n) is 7.78. The molecule has 0 saturated carbocycles. The minimum atomic E-state index is -4.82. The van der Waals surface area contributed by atoms with Gasteiger partial charge in [-0.3, -0.25) is 14.4 Å². The smallest absolute Gasteiger partial charge is 0.342 e. The van der Waals surface area contributed by atoms with Crippen LogP contribution in [0, 0.1) is 5.82 Å². The lowest BCUT2D eigenvalue weighted by atomic mass is 10.0. The molecule has 0 spiro atoms. The normalized spacial score (nSPS) is 14.0. The number of rotatable bonds is 5. The first-order valence-corrected chi connectivity index (χ1v) is 10.7. The molecule has 3 aromatic rings. The second kappa shape index (κ2) is 10.1. The van der Waals surface area contributed by atoms with Gasteiger partial charge in [0.05, 0.1) is 23.9 Å². The summed E-state index contributed by atoms with van der Waals surface area (Å²) in [5.41, 5.74) is -2.04. The number of amides is 3. The highest BCUT2D eigenvalue weighted by atomic mass is 19.4. The average Bonchev–Trinajstić information content (AvgIpc) is 3.37. The van der Waals surface area contributed by atoms with Crippen LogP contribution in [-0.2, 0) is 11.0 Å². The number of piperazine rings is 1. The molecule has 36 heavy (non-hydrogen) atoms. The monoisotopic (exact) mass is 505 g/mol. The van der Waals surface area contributed by atoms with E-state index in [1.54, 1.807) is 24.4 Å². The molecule has 4 rings (SSSR count). The van der Waals surface area contributed by atoms with Crippen molar-refractivity contribution in [2.45, 2.75) is 6.18 Å². The summed E-state index contributed by atoms with van der Waals surface area (Å²) in [5, 5.41) is 10.0. The standard InChI is InChI=1S/C22H19F4N7O3/c23-14-4-5-16(22(24,25)26)15(11-14)21(36)32-9-7-31(8-10-32)19(34)12-28-20(35)17-13-33(30-29-17)18-3-1-2-6-27-18/h1-6,11,13H,7-10,12H2,(H,28,35). The summed E-state index contributed by atoms with van der Waals surface area (Å²) in [5.74, 6) is -2.57. The van der Waals surface area contributed by atoms with E-state index in [4.69, 9.17) is 0 Å². The number of carbonyl (C=O) groups is 3. The van der Waals surface area contributed by atoms with Crippen molar-refractivity contribution < 1.29 is 31.9 Å². The molecule has 1 saturated heterocycles. The molecule has 1 aliphatic rings. The summed E-state index contributed by atoms with van der Waals surface area (Å²) in [6.45, 7) is -0.388. The van der Waals surface area contributed by atoms with E-state index in [2.05, 4.69) is 20.6 Å². The highest BCUT2D eigenvalue weighted by Gasteiger charge is 2.37. The van der Waals surface area contributed by atoms with Gasteiger partial charge in [0.2, 0.25) is 5.91 Å². The van der Waals surface area contributed by atoms with E-state index >= 15 is 0 Å². The second-order valence-corrected chi connectivity index (χ2v) is 7.78. The molecule has 1 aliphatic heterocycles. The van der Waals surface area contributed by atoms with Crippen molar-refractivity contribution in [2.75, 3.05) is 32.7 Å². The van der Waals surface area contributed by atoms with Crippen molar-refractivity contribution in [3.8, 4) is 5.82 Å². The number of aromatic nitrogens is 4. The van der Waals surface area contributed by atoms with Gasteiger partial charge in [-0.2, -0.15) is 13.2 Å². The zero-order valence-corrected chi connectivity index (χ0v) is 18.6. The number of nitrogens with zero attached hydrogens (tertiary/aromatic N) is 6. The molecule has 1 N–H and O–H groups in total. The molecule has 188 valence electrons. The Morgan fingerprint density at radius 2 is 1.72 bits per heavy atom. The van der Waals surface area contributed by atoms with Crippen LogP contribution in [0.15, 0.2) is 48.8 Å². The first-order valence-electron chi connectivity index (χ1n) is 10.7. The van der Waals surface area contributed by atoms with Gasteiger partial charge in [0.1, 0.15) is 5.82 Å². The predicted octanol–water partition coefficient (Wildman–Crippen LogP) is 1.53. The maximum absolute atomic E-state index is 13.6. The van der Waals surface area contributed by atoms with Gasteiger partial charge in [0.15, 0.2) is 11.5 Å². The Bertz CT molecular complexity index is 1270. The van der Waals surface area contributed by atoms with Crippen molar-refractivity contribution in [2.24, 2.45) is 0 Å². The van der Waals surface area contributed by atoms with E-state index in [9.17, 15) is 31.9 Å². The lowest BCUT2D eigenvalue weighted by Crippen LogP contribution is -2.52. The van der Waals surface area contributed by atoms with Gasteiger partial charge < -0.3 is 15.1 Å². The zero-order valence-electron chi connectivity index (χ0n) is 18.6. The molecule has 0 unspecified atom stereocenters. The van der Waals surface area contributed by atoms with Gasteiger partial charge in [-0.25, -0.2) is 14.1 Å². The molecule has 10 nitrogen and oxygen atoms in total. The van der Waals surface area contributed by atoms with Crippen LogP contribution in [0.4, 0.5) is 17.6 Å². The molecule has 1 aromatic carbocycles. The van der Waals surface area contributed by atoms with Crippen LogP contribution in [0.3, 0.4) is 0 Å². The van der Waals surface area contributed by atoms with Crippen LogP contribution in [0.1, 0.15) is 26.4 Å². The minimum Gasteiger partial charge on any atom is -0.342 e. The Morgan fingerprint density at radius 3 is 2.39 bits per heavy atom. The Kier molecular flexibility index (Phi) is 6.94. The third-order valence-electron chi connectivity index (χ3n) is 5.45. The summed E-state index contributed by atoms with van der Waals surface area (Å²) in [6.07, 6.45) is -1.91. The number of hydrogen-bond donors (Lipinski definition) is 1. The van der Waals surface area contributed by atoms with Gasteiger partial charge in [0, 0.05) is 32.4 Å². The lowest BCUT2D eigenvalue weighted by Gasteiger charge is -2.35. The number of benzene rings is 1. The molecule has 0 bridgehead atoms. The largest absolute Gasteiger partial charge is 0.417 e. The molecular formula is C22H19F4N7O3. The molecule has 0 radical (unpaired) electrons. The Hall–Kier alpha value is -4.36. The molecule has 3 heterocycles. The van der Waals surface area contributed by atoms with Crippen LogP contribution in [0.2, 0.25) is 0 Å². The van der Waals surface area contributed by atoms with Crippen LogP contribution >= 0.6 is 0 Å². The molecular weight excluding hydrogens is 486 g/mol. The lowest BCUT2D eigenvalue weighted by molar-refractivity contribution is -0.138. The first-order chi connectivity index (χ1) is 17.1. The third-order valence-corrected chi connectivity index (χ3v) is 5.45. The molecule has 1 fully saturated rings. The highest BCUT2D eigenvalue weighted by Crippen LogP contribution is 2.33. The van der Waals surface area contributed by atoms with Crippen LogP contribution in [-0.4, -0.2) is 80.2 Å². The van der Waals surface area contributed by atoms with E-state index in [0.29, 0.717) is 24.0 Å². The summed E-state index contributed by atoms with van der Waals surface area (Å²) in [6, 6.07) is 6.86. The Balaban J connectivity index is 1.30. The van der Waals surface area contributed by atoms with E-state index in [1.165, 1.54) is 15.8 Å². The third kappa shape index (κ3) is 5.47. The van der Waals surface area contributed by atoms with Crippen molar-refractivity contribution in [1.82, 2.24) is 35.1 Å². The van der Waals surface area contributed by atoms with Crippen LogP contribution in [0.25, 0.3) is 5.82 Å². The fourth-order valence-electron chi connectivity index (χ4n) is 3.60. The fraction of sp³-hybridized carbons (Fsp3) is 0.273. The van der Waals surface area contributed by atoms with Crippen molar-refractivity contribution >= 4 is 17.7 Å². The van der Waals surface area contributed by atoms with Gasteiger partial charge in [0.25, 0.3) is 11.8 Å². The Labute approximate surface area is 201 Å². The average molecular weight is 505 g/mol. The van der Waals surface area contributed by atoms with E-state index in [-0.39, 0.29) is 38.4 Å². The minimum absolute atomic E-state index is 0.0283. The summed E-state index contributed by atoms with van der Waals surface area (Å²) >= 11 is 0. The van der Waals surface area contributed by atoms with E-state index in [1.807, 2.05) is 0 Å². The topological polar surface area (TPSA) is 113 Å². The summed E-state index contributed by atoms with van der Waals surface area (Å²) in [4.78, 5) is 44.0. The van der Waals surface area contributed by atoms with Gasteiger partial charge >= 0.3 is 6.18 Å². The molecule has 0 atom stereocenters. The first kappa shape index (κ1) is 24.8. The van der Waals surface area contributed by atoms with E-state index in [0.717, 1.165) is 4.90 Å². The zero-order chi connectivity index (χ0) is 25.9. The summed E-state index contributed by atoms with van der Waals surface area (Å²) in [7, 11) is 0. The number of carbonyl (C=O) groups excluding carboxylic acids is 3. The van der Waals surface area contributed by atoms with Gasteiger partial charge in [-0.05, 0) is 30.3 Å². The number of pyridine rings is 1. The predicted molar refractivity (Wildman–Crippen MR) is 115 cm³/mol. The van der Waals surface area contributed by atoms with Gasteiger partial charge in [-0.1, -0.05) is 11.3 Å². The SMILES string of the molecule is O=C(NCC(=O)N1CCN(C(=O)c2cc(F)ccc2C(F)(F)F)CC1)c1cn(-c2ccccn2)nn1. The Morgan fingerprint density at radius 1 is 1.00 bits per heavy atom. The maximum Gasteiger partial charge on any atom is 0.417 e. The molecule has 0 aliphatic carbocycles. The molecule has 2 aromatic heterocycles. The number of hydrogen-bond acceptors (Lipinski definition) is 6. The molecule has 3 amide bonds. The quantitative estimate of drug-likeness (QED) is 0.527. The molecule has 14 heteroatoms. The number of alkyl halides is 3. The van der Waals surface area contributed by atoms with E-state index < -0.39 is 40.8 Å². The fourth-order valence-corrected chi connectivity index (χ4v) is 3.60. The maximum atomic E-state index is 13.6. The number of nitrogens with one attached hydrogen (secondary N) is 1. The van der Waals surface area contributed by atoms with Crippen molar-refractivity contribution in [3.05, 3.63) is 71.4 Å². The van der Waals surface area contributed by atoms with Gasteiger partial charge in [-0.15, -0.1) is 5.10 Å². The van der Waals surface area contributed by atoms with Crippen molar-refractivity contribution in [3.63, 3.8) is 0 Å². The van der Waals surface area contributed by atoms with Crippen LogP contribution < -0.4 is 5.32 Å². The van der Waals surface area contributed by atoms with Crippen LogP contribution in [0.5, 0.6) is 0 Å².